The number of aliphatic imine (C=N–C) groups is 1. The van der Waals surface area contributed by atoms with E-state index in [2.05, 4.69) is 10.3 Å². The molecule has 1 saturated carbocycles. The van der Waals surface area contributed by atoms with Crippen LogP contribution >= 0.6 is 11.6 Å². The van der Waals surface area contributed by atoms with Gasteiger partial charge in [0.2, 0.25) is 0 Å². The molecule has 8 nitrogen and oxygen atoms in total. The van der Waals surface area contributed by atoms with E-state index in [0.717, 1.165) is 24.6 Å². The van der Waals surface area contributed by atoms with Gasteiger partial charge < -0.3 is 30.7 Å². The minimum absolute atomic E-state index is 0.0178. The van der Waals surface area contributed by atoms with Crippen molar-refractivity contribution in [2.75, 3.05) is 19.8 Å². The molecule has 2 aromatic rings. The molecule has 2 heterocycles. The Labute approximate surface area is 248 Å². The summed E-state index contributed by atoms with van der Waals surface area (Å²) in [6, 6.07) is 10.8. The fourth-order valence-corrected chi connectivity index (χ4v) is 6.58. The Morgan fingerprint density at radius 1 is 1.29 bits per heavy atom. The number of carbonyl (C=O) groups excluding carboxylic acids is 1. The van der Waals surface area contributed by atoms with Crippen molar-refractivity contribution in [3.05, 3.63) is 69.5 Å². The second-order valence-corrected chi connectivity index (χ2v) is 11.9. The summed E-state index contributed by atoms with van der Waals surface area (Å²) in [4.78, 5) is 16.5. The Hall–Kier alpha value is -2.89. The third kappa shape index (κ3) is 5.58. The largest absolute Gasteiger partial charge is 0.480 e. The Morgan fingerprint density at radius 2 is 1.98 bits per heavy atom. The summed E-state index contributed by atoms with van der Waals surface area (Å²) in [7, 11) is 0. The average molecular weight is 604 g/mol. The summed E-state index contributed by atoms with van der Waals surface area (Å²) >= 11 is 6.58. The smallest absolute Gasteiger partial charge is 0.250 e. The number of benzene rings is 2. The molecule has 0 radical (unpaired) electrons. The lowest BCUT2D eigenvalue weighted by Crippen LogP contribution is -2.49. The number of dihydropyridines is 1. The molecule has 5 rings (SSSR count). The number of primary amides is 1. The van der Waals surface area contributed by atoms with Crippen molar-refractivity contribution in [2.24, 2.45) is 10.7 Å². The molecular weight excluding hydrogens is 568 g/mol. The molecule has 1 amide bonds. The molecule has 4 atom stereocenters. The normalized spacial score (nSPS) is 30.7. The Morgan fingerprint density at radius 3 is 2.62 bits per heavy atom. The fraction of sp³-hybridized carbons (Fsp3) is 0.484. The number of rotatable bonds is 9. The first-order valence-electron chi connectivity index (χ1n) is 14.2. The maximum Gasteiger partial charge on any atom is 0.250 e. The first-order valence-corrected chi connectivity index (χ1v) is 14.5. The highest BCUT2D eigenvalue weighted by molar-refractivity contribution is 6.33. The van der Waals surface area contributed by atoms with Gasteiger partial charge in [0, 0.05) is 47.5 Å². The van der Waals surface area contributed by atoms with Gasteiger partial charge in [0.25, 0.3) is 5.91 Å². The van der Waals surface area contributed by atoms with Gasteiger partial charge in [0.05, 0.1) is 29.4 Å². The standard InChI is InChI=1S/C31H36ClF2N3O5/c1-17-23-22(42-31(17,18-6-4-3-5-7-18)16-37-19-8-10-30(2,40)11-9-19)14-21(33)26(32)25(23)24-20(28(35)39)15-36-29(27(24)34)41-13-12-38/h3-7,14-15,17,19,27,29,37-38,40H,8-13,16H2,1-2H3,(H2,35,39)/t17-,19-,27?,29?,30-,31-/m0/s1. The topological polar surface area (TPSA) is 126 Å². The summed E-state index contributed by atoms with van der Waals surface area (Å²) in [5.41, 5.74) is 4.66. The number of hydrogen-bond donors (Lipinski definition) is 4. The van der Waals surface area contributed by atoms with Gasteiger partial charge in [-0.3, -0.25) is 9.79 Å². The van der Waals surface area contributed by atoms with E-state index in [1.54, 1.807) is 0 Å². The predicted octanol–water partition coefficient (Wildman–Crippen LogP) is 4.15. The number of ether oxygens (including phenoxy) is 2. The average Bonchev–Trinajstić information content (AvgIpc) is 3.24. The third-order valence-corrected chi connectivity index (χ3v) is 9.08. The van der Waals surface area contributed by atoms with Crippen LogP contribution in [-0.2, 0) is 15.1 Å². The third-order valence-electron chi connectivity index (χ3n) is 8.71. The number of carbonyl (C=O) groups is 1. The summed E-state index contributed by atoms with van der Waals surface area (Å²) in [5, 5.41) is 22.9. The maximum absolute atomic E-state index is 16.2. The molecular formula is C31H36ClF2N3O5. The molecule has 0 saturated heterocycles. The van der Waals surface area contributed by atoms with Crippen LogP contribution in [0.4, 0.5) is 8.78 Å². The zero-order chi connectivity index (χ0) is 30.2. The Bertz CT molecular complexity index is 1390. The van der Waals surface area contributed by atoms with E-state index in [0.29, 0.717) is 24.9 Å². The number of aliphatic hydroxyl groups excluding tert-OH is 1. The van der Waals surface area contributed by atoms with Crippen LogP contribution in [0.3, 0.4) is 0 Å². The molecule has 1 fully saturated rings. The van der Waals surface area contributed by atoms with E-state index in [1.807, 2.05) is 44.2 Å². The van der Waals surface area contributed by atoms with E-state index in [1.165, 1.54) is 6.07 Å². The van der Waals surface area contributed by atoms with Crippen LogP contribution in [-0.4, -0.2) is 66.1 Å². The van der Waals surface area contributed by atoms with Gasteiger partial charge >= 0.3 is 0 Å². The van der Waals surface area contributed by atoms with Crippen LogP contribution < -0.4 is 15.8 Å². The maximum atomic E-state index is 16.2. The SMILES string of the molecule is C[C@H]1c2c(cc(F)c(Cl)c2C2=C(C(N)=O)C=NC(OCCO)C2F)O[C@]1(CN[C@H]1CC[C@](C)(O)CC1)c1ccccc1. The number of fused-ring (bicyclic) bond motifs is 1. The van der Waals surface area contributed by atoms with Crippen LogP contribution in [0, 0.1) is 5.82 Å². The van der Waals surface area contributed by atoms with Gasteiger partial charge in [-0.25, -0.2) is 8.78 Å². The van der Waals surface area contributed by atoms with Crippen molar-refractivity contribution < 1.29 is 33.3 Å². The zero-order valence-corrected chi connectivity index (χ0v) is 24.3. The predicted molar refractivity (Wildman–Crippen MR) is 156 cm³/mol. The lowest BCUT2D eigenvalue weighted by molar-refractivity contribution is -0.114. The lowest BCUT2D eigenvalue weighted by atomic mass is 9.76. The Balaban J connectivity index is 1.61. The lowest BCUT2D eigenvalue weighted by Gasteiger charge is -2.38. The van der Waals surface area contributed by atoms with Crippen LogP contribution in [0.15, 0.2) is 47.0 Å². The van der Waals surface area contributed by atoms with Gasteiger partial charge in [-0.2, -0.15) is 0 Å². The summed E-state index contributed by atoms with van der Waals surface area (Å²) in [5.74, 6) is -2.12. The fourth-order valence-electron chi connectivity index (χ4n) is 6.33. The number of aliphatic hydroxyl groups is 2. The van der Waals surface area contributed by atoms with Crippen LogP contribution in [0.2, 0.25) is 5.02 Å². The first kappa shape index (κ1) is 30.6. The number of nitrogens with zero attached hydrogens (tertiary/aromatic N) is 1. The van der Waals surface area contributed by atoms with Gasteiger partial charge in [-0.1, -0.05) is 48.9 Å². The van der Waals surface area contributed by atoms with Crippen molar-refractivity contribution >= 4 is 29.3 Å². The van der Waals surface area contributed by atoms with Gasteiger partial charge in [-0.15, -0.1) is 0 Å². The number of nitrogens with one attached hydrogen (secondary N) is 1. The molecule has 0 spiro atoms. The van der Waals surface area contributed by atoms with Crippen molar-refractivity contribution in [1.29, 1.82) is 0 Å². The van der Waals surface area contributed by atoms with Crippen molar-refractivity contribution in [2.45, 2.75) is 75.1 Å². The number of alkyl halides is 1. The van der Waals surface area contributed by atoms with Crippen molar-refractivity contribution in [1.82, 2.24) is 5.32 Å². The second-order valence-electron chi connectivity index (χ2n) is 11.5. The number of halogens is 3. The minimum atomic E-state index is -2.03. The van der Waals surface area contributed by atoms with Gasteiger partial charge in [0.15, 0.2) is 18.0 Å². The first-order chi connectivity index (χ1) is 20.0. The summed E-state index contributed by atoms with van der Waals surface area (Å²) in [6.07, 6.45) is 0.552. The Kier molecular flexibility index (Phi) is 8.74. The molecule has 2 aromatic carbocycles. The molecule has 0 bridgehead atoms. The van der Waals surface area contributed by atoms with Crippen LogP contribution in [0.25, 0.3) is 5.57 Å². The monoisotopic (exact) mass is 603 g/mol. The molecule has 2 unspecified atom stereocenters. The van der Waals surface area contributed by atoms with E-state index >= 15 is 8.78 Å². The molecule has 0 aromatic heterocycles. The van der Waals surface area contributed by atoms with E-state index < -0.39 is 41.2 Å². The molecule has 2 aliphatic heterocycles. The van der Waals surface area contributed by atoms with Crippen molar-refractivity contribution in [3.63, 3.8) is 0 Å². The highest BCUT2D eigenvalue weighted by Gasteiger charge is 2.51. The molecule has 11 heteroatoms. The number of nitrogens with two attached hydrogens (primary N) is 1. The van der Waals surface area contributed by atoms with Gasteiger partial charge in [0.1, 0.15) is 11.6 Å². The summed E-state index contributed by atoms with van der Waals surface area (Å²) < 4.78 is 43.6. The highest BCUT2D eigenvalue weighted by atomic mass is 35.5. The zero-order valence-electron chi connectivity index (χ0n) is 23.6. The van der Waals surface area contributed by atoms with Crippen LogP contribution in [0.1, 0.15) is 62.1 Å². The highest BCUT2D eigenvalue weighted by Crippen LogP contribution is 2.55. The van der Waals surface area contributed by atoms with E-state index in [-0.39, 0.29) is 46.7 Å². The minimum Gasteiger partial charge on any atom is -0.480 e. The molecule has 226 valence electrons. The van der Waals surface area contributed by atoms with E-state index in [4.69, 9.17) is 26.8 Å². The number of amides is 1. The molecule has 42 heavy (non-hydrogen) atoms. The second kappa shape index (κ2) is 12.0. The molecule has 1 aliphatic carbocycles. The summed E-state index contributed by atoms with van der Waals surface area (Å²) in [6.45, 7) is 3.51. The van der Waals surface area contributed by atoms with Gasteiger partial charge in [-0.05, 0) is 38.2 Å². The molecule has 5 N–H and O–H groups in total. The number of hydrogen-bond acceptors (Lipinski definition) is 7. The van der Waals surface area contributed by atoms with E-state index in [9.17, 15) is 15.0 Å². The molecule has 3 aliphatic rings. The quantitative estimate of drug-likeness (QED) is 0.341. The van der Waals surface area contributed by atoms with Crippen LogP contribution in [0.5, 0.6) is 5.75 Å². The van der Waals surface area contributed by atoms with Crippen molar-refractivity contribution in [3.8, 4) is 5.75 Å².